The van der Waals surface area contributed by atoms with E-state index in [1.165, 1.54) is 0 Å². The molecule has 2 amide bonds. The molecule has 3 N–H and O–H groups in total. The molecule has 7 heteroatoms. The summed E-state index contributed by atoms with van der Waals surface area (Å²) in [5, 5.41) is 9.23. The average molecular weight is 438 g/mol. The van der Waals surface area contributed by atoms with Gasteiger partial charge in [-0.25, -0.2) is 0 Å². The van der Waals surface area contributed by atoms with Crippen molar-refractivity contribution in [1.82, 2.24) is 16.0 Å². The van der Waals surface area contributed by atoms with Crippen LogP contribution in [-0.2, 0) is 19.8 Å². The summed E-state index contributed by atoms with van der Waals surface area (Å²) in [4.78, 5) is 36.8. The third kappa shape index (κ3) is 5.10. The molecule has 0 saturated heterocycles. The molecule has 3 aliphatic rings. The molecule has 2 atom stereocenters. The van der Waals surface area contributed by atoms with Gasteiger partial charge in [0, 0.05) is 37.6 Å². The van der Waals surface area contributed by atoms with E-state index in [1.807, 2.05) is 24.3 Å². The molecule has 2 heterocycles. The van der Waals surface area contributed by atoms with Crippen LogP contribution in [0.3, 0.4) is 0 Å². The van der Waals surface area contributed by atoms with Crippen molar-refractivity contribution in [2.75, 3.05) is 26.2 Å². The van der Waals surface area contributed by atoms with E-state index in [1.54, 1.807) is 18.2 Å². The summed E-state index contributed by atoms with van der Waals surface area (Å²) in [6, 6.07) is 5.81. The highest BCUT2D eigenvalue weighted by Gasteiger charge is 2.50. The van der Waals surface area contributed by atoms with E-state index in [2.05, 4.69) is 16.0 Å². The van der Waals surface area contributed by atoms with Crippen LogP contribution < -0.4 is 20.7 Å². The second kappa shape index (κ2) is 10.1. The molecule has 1 aromatic rings. The summed E-state index contributed by atoms with van der Waals surface area (Å²) in [5.41, 5.74) is 1.34. The Bertz CT molecular complexity index is 939. The van der Waals surface area contributed by atoms with Crippen LogP contribution in [0.15, 0.2) is 36.4 Å². The Kier molecular flexibility index (Phi) is 7.05. The van der Waals surface area contributed by atoms with Gasteiger partial charge in [0.2, 0.25) is 11.8 Å². The Hall–Kier alpha value is -2.93. The van der Waals surface area contributed by atoms with Crippen LogP contribution in [0.1, 0.15) is 49.7 Å². The van der Waals surface area contributed by atoms with Gasteiger partial charge in [-0.05, 0) is 68.6 Å². The minimum atomic E-state index is -0.516. The van der Waals surface area contributed by atoms with Gasteiger partial charge in [-0.15, -0.1) is 0 Å². The number of hydrogen-bond donors (Lipinski definition) is 3. The maximum absolute atomic E-state index is 12.5. The first-order valence-corrected chi connectivity index (χ1v) is 11.5. The maximum atomic E-state index is 12.5. The molecule has 32 heavy (non-hydrogen) atoms. The van der Waals surface area contributed by atoms with Crippen molar-refractivity contribution in [3.63, 3.8) is 0 Å². The van der Waals surface area contributed by atoms with Gasteiger partial charge in [-0.2, -0.15) is 0 Å². The van der Waals surface area contributed by atoms with Crippen LogP contribution in [0.2, 0.25) is 0 Å². The zero-order valence-corrected chi connectivity index (χ0v) is 18.3. The first-order valence-electron chi connectivity index (χ1n) is 11.5. The lowest BCUT2D eigenvalue weighted by molar-refractivity contribution is -0.123. The summed E-state index contributed by atoms with van der Waals surface area (Å²) < 4.78 is 6.16. The summed E-state index contributed by atoms with van der Waals surface area (Å²) in [6.07, 6.45) is 10.7. The van der Waals surface area contributed by atoms with Gasteiger partial charge in [0.25, 0.3) is 0 Å². The number of benzene rings is 1. The molecule has 1 aromatic carbocycles. The lowest BCUT2D eigenvalue weighted by Gasteiger charge is -2.35. The third-order valence-electron chi connectivity index (χ3n) is 6.45. The molecule has 0 aromatic heterocycles. The first kappa shape index (κ1) is 22.3. The van der Waals surface area contributed by atoms with E-state index in [9.17, 15) is 14.4 Å². The number of ketones is 1. The van der Waals surface area contributed by atoms with E-state index < -0.39 is 5.41 Å². The highest BCUT2D eigenvalue weighted by Crippen LogP contribution is 2.51. The fourth-order valence-corrected chi connectivity index (χ4v) is 4.66. The minimum Gasteiger partial charge on any atom is -0.488 e. The molecule has 1 unspecified atom stereocenters. The van der Waals surface area contributed by atoms with Crippen molar-refractivity contribution in [2.45, 2.75) is 50.0 Å². The van der Waals surface area contributed by atoms with Gasteiger partial charge < -0.3 is 20.7 Å². The molecule has 170 valence electrons. The number of Topliss-reactive ketones (excluding diaryl/α,β-unsaturated/α-hetero) is 1. The van der Waals surface area contributed by atoms with Crippen LogP contribution in [0.5, 0.6) is 5.75 Å². The lowest BCUT2D eigenvalue weighted by atomic mass is 9.68. The average Bonchev–Trinajstić information content (AvgIpc) is 3.10. The van der Waals surface area contributed by atoms with E-state index in [-0.39, 0.29) is 23.7 Å². The number of rotatable bonds is 0. The molecule has 1 aliphatic carbocycles. The quantitative estimate of drug-likeness (QED) is 0.577. The van der Waals surface area contributed by atoms with Gasteiger partial charge in [0.1, 0.15) is 17.6 Å². The largest absolute Gasteiger partial charge is 0.488 e. The number of fused-ring (bicyclic) bond motifs is 1. The van der Waals surface area contributed by atoms with Crippen molar-refractivity contribution in [1.29, 1.82) is 0 Å². The molecule has 1 saturated carbocycles. The van der Waals surface area contributed by atoms with E-state index in [4.69, 9.17) is 4.74 Å². The SMILES string of the molecule is O=C1CC[C@@]23/C=C\C(=O)NCCCCNCCCNC(=O)/C=C\c4ccc(c2c4)OC3C1. The molecule has 2 bridgehead atoms. The summed E-state index contributed by atoms with van der Waals surface area (Å²) in [7, 11) is 0. The summed E-state index contributed by atoms with van der Waals surface area (Å²) in [6.45, 7) is 2.97. The van der Waals surface area contributed by atoms with Crippen molar-refractivity contribution in [2.24, 2.45) is 0 Å². The number of carbonyl (C=O) groups is 3. The Morgan fingerprint density at radius 1 is 0.875 bits per heavy atom. The second-order valence-electron chi connectivity index (χ2n) is 8.70. The molecular weight excluding hydrogens is 406 g/mol. The number of ether oxygens (including phenoxy) is 1. The number of nitrogens with one attached hydrogen (secondary N) is 3. The molecule has 2 aliphatic heterocycles. The van der Waals surface area contributed by atoms with Crippen molar-refractivity contribution in [3.8, 4) is 5.75 Å². The van der Waals surface area contributed by atoms with Crippen LogP contribution >= 0.6 is 0 Å². The Morgan fingerprint density at radius 3 is 2.50 bits per heavy atom. The zero-order valence-electron chi connectivity index (χ0n) is 18.3. The highest BCUT2D eigenvalue weighted by molar-refractivity contribution is 5.92. The zero-order chi connectivity index (χ0) is 22.4. The number of amides is 2. The monoisotopic (exact) mass is 437 g/mol. The van der Waals surface area contributed by atoms with Gasteiger partial charge in [0.15, 0.2) is 0 Å². The highest BCUT2D eigenvalue weighted by atomic mass is 16.5. The summed E-state index contributed by atoms with van der Waals surface area (Å²) in [5.74, 6) is 0.677. The Morgan fingerprint density at radius 2 is 1.62 bits per heavy atom. The molecular formula is C25H31N3O4. The number of hydrogen-bond acceptors (Lipinski definition) is 5. The predicted molar refractivity (Wildman–Crippen MR) is 122 cm³/mol. The van der Waals surface area contributed by atoms with Crippen molar-refractivity contribution in [3.05, 3.63) is 47.6 Å². The summed E-state index contributed by atoms with van der Waals surface area (Å²) >= 11 is 0. The van der Waals surface area contributed by atoms with E-state index in [0.29, 0.717) is 32.4 Å². The van der Waals surface area contributed by atoms with Crippen LogP contribution in [0.25, 0.3) is 6.08 Å². The first-order chi connectivity index (χ1) is 15.6. The smallest absolute Gasteiger partial charge is 0.243 e. The van der Waals surface area contributed by atoms with Crippen LogP contribution in [-0.4, -0.2) is 49.9 Å². The molecule has 1 spiro atoms. The van der Waals surface area contributed by atoms with Crippen LogP contribution in [0.4, 0.5) is 0 Å². The van der Waals surface area contributed by atoms with E-state index in [0.717, 1.165) is 49.2 Å². The predicted octanol–water partition coefficient (Wildman–Crippen LogP) is 2.01. The molecule has 4 rings (SSSR count). The normalized spacial score (nSPS) is 29.1. The molecule has 0 radical (unpaired) electrons. The van der Waals surface area contributed by atoms with Crippen molar-refractivity contribution < 1.29 is 19.1 Å². The fourth-order valence-electron chi connectivity index (χ4n) is 4.66. The minimum absolute atomic E-state index is 0.122. The van der Waals surface area contributed by atoms with Gasteiger partial charge in [-0.1, -0.05) is 12.1 Å². The molecule has 7 nitrogen and oxygen atoms in total. The second-order valence-corrected chi connectivity index (χ2v) is 8.70. The standard InChI is InChI=1S/C25H31N3O4/c29-19-8-10-25-11-9-24(31)27-14-2-1-12-26-13-3-15-28-23(30)7-5-18-4-6-21(20(25)16-18)32-22(25)17-19/h4-7,9,11,16,22,26H,1-3,8,10,12-15,17H2,(H,27,31)(H,28,30)/b7-5-,11-9-/t22?,25-/m1/s1. The maximum Gasteiger partial charge on any atom is 0.243 e. The van der Waals surface area contributed by atoms with Gasteiger partial charge >= 0.3 is 0 Å². The van der Waals surface area contributed by atoms with Crippen LogP contribution in [0, 0.1) is 0 Å². The molecule has 1 fully saturated rings. The van der Waals surface area contributed by atoms with Crippen molar-refractivity contribution >= 4 is 23.7 Å². The fraction of sp³-hybridized carbons (Fsp3) is 0.480. The Balaban J connectivity index is 1.62. The topological polar surface area (TPSA) is 96.5 Å². The van der Waals surface area contributed by atoms with Gasteiger partial charge in [0.05, 0.1) is 5.41 Å². The third-order valence-corrected chi connectivity index (χ3v) is 6.45. The van der Waals surface area contributed by atoms with E-state index >= 15 is 0 Å². The number of carbonyl (C=O) groups excluding carboxylic acids is 3. The lowest BCUT2D eigenvalue weighted by Crippen LogP contribution is -2.42. The van der Waals surface area contributed by atoms with Gasteiger partial charge in [-0.3, -0.25) is 14.4 Å². The Labute approximate surface area is 188 Å².